The second kappa shape index (κ2) is 6.19. The van der Waals surface area contributed by atoms with Crippen LogP contribution in [0.1, 0.15) is 65.2 Å². The monoisotopic (exact) mass is 238 g/mol. The van der Waals surface area contributed by atoms with Gasteiger partial charge in [0.25, 0.3) is 0 Å². The predicted molar refractivity (Wildman–Crippen MR) is 74.4 cm³/mol. The largest absolute Gasteiger partial charge is 0.310 e. The van der Waals surface area contributed by atoms with Crippen LogP contribution in [-0.2, 0) is 0 Å². The molecule has 2 rings (SSSR count). The Hall–Kier alpha value is -0.0800. The molecule has 0 aromatic carbocycles. The van der Waals surface area contributed by atoms with E-state index in [-0.39, 0.29) is 0 Å². The molecule has 0 radical (unpaired) electrons. The van der Waals surface area contributed by atoms with Crippen molar-refractivity contribution >= 4 is 0 Å². The maximum atomic E-state index is 3.82. The van der Waals surface area contributed by atoms with Gasteiger partial charge in [-0.15, -0.1) is 0 Å². The Labute approximate surface area is 107 Å². The van der Waals surface area contributed by atoms with Gasteiger partial charge in [0.15, 0.2) is 0 Å². The van der Waals surface area contributed by atoms with Gasteiger partial charge in [0.1, 0.15) is 0 Å². The highest BCUT2D eigenvalue weighted by Crippen LogP contribution is 2.29. The average molecular weight is 238 g/mol. The van der Waals surface area contributed by atoms with Gasteiger partial charge in [-0.05, 0) is 51.6 Å². The first-order chi connectivity index (χ1) is 8.29. The lowest BCUT2D eigenvalue weighted by molar-refractivity contribution is 0.0996. The third-order valence-electron chi connectivity index (χ3n) is 4.79. The zero-order valence-corrected chi connectivity index (χ0v) is 11.8. The molecule has 1 N–H and O–H groups in total. The molecule has 17 heavy (non-hydrogen) atoms. The maximum Gasteiger partial charge on any atom is 0.0309 e. The molecule has 2 unspecified atom stereocenters. The number of hydrogen-bond donors (Lipinski definition) is 1. The summed E-state index contributed by atoms with van der Waals surface area (Å²) < 4.78 is 0. The summed E-state index contributed by atoms with van der Waals surface area (Å²) in [6.07, 6.45) is 11.1. The van der Waals surface area contributed by atoms with E-state index < -0.39 is 0 Å². The molecule has 0 aromatic heterocycles. The fourth-order valence-electron chi connectivity index (χ4n) is 3.89. The van der Waals surface area contributed by atoms with Gasteiger partial charge < -0.3 is 5.32 Å². The molecule has 0 aromatic rings. The lowest BCUT2D eigenvalue weighted by Gasteiger charge is -2.42. The molecule has 2 heterocycles. The van der Waals surface area contributed by atoms with E-state index in [9.17, 15) is 0 Å². The van der Waals surface area contributed by atoms with Crippen molar-refractivity contribution in [3.05, 3.63) is 0 Å². The van der Waals surface area contributed by atoms with E-state index in [0.717, 1.165) is 6.04 Å². The highest BCUT2D eigenvalue weighted by molar-refractivity contribution is 4.96. The van der Waals surface area contributed by atoms with Crippen LogP contribution < -0.4 is 5.32 Å². The van der Waals surface area contributed by atoms with Crippen molar-refractivity contribution in [2.24, 2.45) is 0 Å². The molecule has 0 amide bonds. The molecule has 0 saturated carbocycles. The molecule has 2 atom stereocenters. The Morgan fingerprint density at radius 2 is 2.12 bits per heavy atom. The van der Waals surface area contributed by atoms with Gasteiger partial charge in [-0.3, -0.25) is 4.90 Å². The van der Waals surface area contributed by atoms with Gasteiger partial charge in [0.2, 0.25) is 0 Å². The summed E-state index contributed by atoms with van der Waals surface area (Å²) in [4.78, 5) is 2.79. The van der Waals surface area contributed by atoms with Gasteiger partial charge in [0, 0.05) is 18.1 Å². The number of likely N-dealkylation sites (tertiary alicyclic amines) is 1. The molecular weight excluding hydrogens is 208 g/mol. The summed E-state index contributed by atoms with van der Waals surface area (Å²) in [6, 6.07) is 0.861. The van der Waals surface area contributed by atoms with Crippen molar-refractivity contribution < 1.29 is 0 Å². The highest BCUT2D eigenvalue weighted by atomic mass is 15.2. The van der Waals surface area contributed by atoms with Crippen LogP contribution in [0.5, 0.6) is 0 Å². The zero-order chi connectivity index (χ0) is 12.1. The van der Waals surface area contributed by atoms with Gasteiger partial charge in [-0.1, -0.05) is 26.7 Å². The molecule has 0 bridgehead atoms. The molecule has 2 nitrogen and oxygen atoms in total. The fraction of sp³-hybridized carbons (Fsp3) is 1.00. The standard InChI is InChI=1S/C15H30N2/c1-3-9-15(10-7-11-16-15)13-17-12-6-5-8-14(17)4-2/h14,16H,3-13H2,1-2H3. The Morgan fingerprint density at radius 1 is 1.24 bits per heavy atom. The number of rotatable bonds is 5. The third-order valence-corrected chi connectivity index (χ3v) is 4.79. The van der Waals surface area contributed by atoms with E-state index in [4.69, 9.17) is 0 Å². The van der Waals surface area contributed by atoms with Crippen LogP contribution in [0.4, 0.5) is 0 Å². The summed E-state index contributed by atoms with van der Waals surface area (Å²) in [5.41, 5.74) is 0.458. The van der Waals surface area contributed by atoms with E-state index in [1.54, 1.807) is 0 Å². The molecule has 100 valence electrons. The number of nitrogens with one attached hydrogen (secondary N) is 1. The first kappa shape index (κ1) is 13.4. The second-order valence-electron chi connectivity index (χ2n) is 6.09. The van der Waals surface area contributed by atoms with Gasteiger partial charge >= 0.3 is 0 Å². The summed E-state index contributed by atoms with van der Waals surface area (Å²) in [6.45, 7) is 8.57. The minimum atomic E-state index is 0.458. The number of piperidine rings is 1. The summed E-state index contributed by atoms with van der Waals surface area (Å²) in [5.74, 6) is 0. The molecule has 0 aliphatic carbocycles. The summed E-state index contributed by atoms with van der Waals surface area (Å²) >= 11 is 0. The van der Waals surface area contributed by atoms with E-state index in [2.05, 4.69) is 24.1 Å². The molecular formula is C15H30N2. The summed E-state index contributed by atoms with van der Waals surface area (Å²) in [5, 5.41) is 3.82. The smallest absolute Gasteiger partial charge is 0.0309 e. The molecule has 0 spiro atoms. The lowest BCUT2D eigenvalue weighted by Crippen LogP contribution is -2.53. The molecule has 2 heteroatoms. The lowest BCUT2D eigenvalue weighted by atomic mass is 9.89. The van der Waals surface area contributed by atoms with Crippen molar-refractivity contribution in [2.75, 3.05) is 19.6 Å². The zero-order valence-electron chi connectivity index (χ0n) is 11.8. The fourth-order valence-corrected chi connectivity index (χ4v) is 3.89. The maximum absolute atomic E-state index is 3.82. The van der Waals surface area contributed by atoms with Crippen molar-refractivity contribution in [1.82, 2.24) is 10.2 Å². The van der Waals surface area contributed by atoms with Crippen LogP contribution >= 0.6 is 0 Å². The van der Waals surface area contributed by atoms with Crippen LogP contribution in [0.25, 0.3) is 0 Å². The quantitative estimate of drug-likeness (QED) is 0.791. The topological polar surface area (TPSA) is 15.3 Å². The third kappa shape index (κ3) is 3.23. The Morgan fingerprint density at radius 3 is 2.76 bits per heavy atom. The minimum Gasteiger partial charge on any atom is -0.310 e. The van der Waals surface area contributed by atoms with Crippen molar-refractivity contribution in [3.63, 3.8) is 0 Å². The number of nitrogens with zero attached hydrogens (tertiary/aromatic N) is 1. The van der Waals surface area contributed by atoms with Crippen molar-refractivity contribution in [3.8, 4) is 0 Å². The molecule has 2 saturated heterocycles. The first-order valence-electron chi connectivity index (χ1n) is 7.79. The minimum absolute atomic E-state index is 0.458. The van der Waals surface area contributed by atoms with E-state index in [1.807, 2.05) is 0 Å². The van der Waals surface area contributed by atoms with Crippen LogP contribution in [0.15, 0.2) is 0 Å². The SMILES string of the molecule is CCCC1(CN2CCCCC2CC)CCCN1. The molecule has 2 fully saturated rings. The van der Waals surface area contributed by atoms with Crippen molar-refractivity contribution in [1.29, 1.82) is 0 Å². The van der Waals surface area contributed by atoms with Gasteiger partial charge in [-0.25, -0.2) is 0 Å². The van der Waals surface area contributed by atoms with E-state index in [1.165, 1.54) is 71.0 Å². The Bertz CT molecular complexity index is 221. The molecule has 2 aliphatic rings. The van der Waals surface area contributed by atoms with Gasteiger partial charge in [-0.2, -0.15) is 0 Å². The highest BCUT2D eigenvalue weighted by Gasteiger charge is 2.36. The van der Waals surface area contributed by atoms with E-state index in [0.29, 0.717) is 5.54 Å². The Balaban J connectivity index is 1.96. The predicted octanol–water partition coefficient (Wildman–Crippen LogP) is 3.17. The molecule has 2 aliphatic heterocycles. The summed E-state index contributed by atoms with van der Waals surface area (Å²) in [7, 11) is 0. The number of hydrogen-bond acceptors (Lipinski definition) is 2. The first-order valence-corrected chi connectivity index (χ1v) is 7.79. The van der Waals surface area contributed by atoms with E-state index >= 15 is 0 Å². The van der Waals surface area contributed by atoms with Crippen LogP contribution in [0.3, 0.4) is 0 Å². The normalized spacial score (nSPS) is 35.3. The van der Waals surface area contributed by atoms with Crippen molar-refractivity contribution in [2.45, 2.75) is 76.8 Å². The Kier molecular flexibility index (Phi) is 4.87. The van der Waals surface area contributed by atoms with Crippen LogP contribution in [-0.4, -0.2) is 36.1 Å². The van der Waals surface area contributed by atoms with Crippen LogP contribution in [0.2, 0.25) is 0 Å². The van der Waals surface area contributed by atoms with Crippen LogP contribution in [0, 0.1) is 0 Å². The van der Waals surface area contributed by atoms with Gasteiger partial charge in [0.05, 0.1) is 0 Å². The average Bonchev–Trinajstić information content (AvgIpc) is 2.79. The second-order valence-corrected chi connectivity index (χ2v) is 6.09.